The van der Waals surface area contributed by atoms with Gasteiger partial charge in [-0.2, -0.15) is 8.78 Å². The standard InChI is InChI=1S/C20H24F2O2/c1-19-7-5-11(23)9-16(19)13(18(21)22)10-12-14-3-4-17(24)20(14,2)8-6-15(12)19/h9,12,14-15H,3-8,10H2,1-2H3/t12-,14-,15+,19+,20-/m0/s1. The van der Waals surface area contributed by atoms with E-state index in [1.54, 1.807) is 0 Å². The van der Waals surface area contributed by atoms with Gasteiger partial charge in [0.05, 0.1) is 0 Å². The summed E-state index contributed by atoms with van der Waals surface area (Å²) < 4.78 is 27.4. The second kappa shape index (κ2) is 5.09. The van der Waals surface area contributed by atoms with Crippen molar-refractivity contribution in [3.8, 4) is 0 Å². The highest BCUT2D eigenvalue weighted by Gasteiger charge is 2.60. The van der Waals surface area contributed by atoms with Crippen LogP contribution in [0.5, 0.6) is 0 Å². The zero-order chi connectivity index (χ0) is 17.3. The van der Waals surface area contributed by atoms with Gasteiger partial charge in [0.2, 0.25) is 0 Å². The molecule has 24 heavy (non-hydrogen) atoms. The number of carbonyl (C=O) groups excluding carboxylic acids is 2. The van der Waals surface area contributed by atoms with Gasteiger partial charge in [-0.15, -0.1) is 0 Å². The molecular formula is C20H24F2O2. The van der Waals surface area contributed by atoms with Crippen LogP contribution in [0.2, 0.25) is 0 Å². The lowest BCUT2D eigenvalue weighted by Gasteiger charge is -2.57. The first-order chi connectivity index (χ1) is 11.3. The average molecular weight is 334 g/mol. The molecule has 3 fully saturated rings. The summed E-state index contributed by atoms with van der Waals surface area (Å²) in [5, 5.41) is 0. The number of Topliss-reactive ketones (excluding diaryl/α,β-unsaturated/α-hetero) is 1. The van der Waals surface area contributed by atoms with Crippen LogP contribution in [-0.2, 0) is 9.59 Å². The largest absolute Gasteiger partial charge is 0.299 e. The van der Waals surface area contributed by atoms with Gasteiger partial charge in [0.1, 0.15) is 5.78 Å². The molecule has 0 heterocycles. The normalized spacial score (nSPS) is 44.6. The summed E-state index contributed by atoms with van der Waals surface area (Å²) in [5.41, 5.74) is 0.0206. The van der Waals surface area contributed by atoms with Crippen LogP contribution >= 0.6 is 0 Å². The van der Waals surface area contributed by atoms with Crippen molar-refractivity contribution in [2.24, 2.45) is 28.6 Å². The zero-order valence-corrected chi connectivity index (χ0v) is 14.3. The maximum atomic E-state index is 13.7. The van der Waals surface area contributed by atoms with E-state index in [0.717, 1.165) is 19.3 Å². The summed E-state index contributed by atoms with van der Waals surface area (Å²) in [4.78, 5) is 24.3. The minimum atomic E-state index is -1.64. The van der Waals surface area contributed by atoms with Gasteiger partial charge in [0.25, 0.3) is 6.08 Å². The number of carbonyl (C=O) groups is 2. The van der Waals surface area contributed by atoms with E-state index in [9.17, 15) is 18.4 Å². The van der Waals surface area contributed by atoms with Crippen LogP contribution in [0.3, 0.4) is 0 Å². The molecule has 130 valence electrons. The number of rotatable bonds is 0. The number of halogens is 2. The SMILES string of the molecule is C[C@]12CCC(=O)C=C1C(=C(F)F)C[C@@H]1[C@H]2CC[C@]2(C)C(=O)CC[C@@H]12. The predicted molar refractivity (Wildman–Crippen MR) is 86.3 cm³/mol. The lowest BCUT2D eigenvalue weighted by molar-refractivity contribution is -0.132. The molecule has 0 saturated heterocycles. The fraction of sp³-hybridized carbons (Fsp3) is 0.700. The first-order valence-corrected chi connectivity index (χ1v) is 9.10. The van der Waals surface area contributed by atoms with E-state index in [2.05, 4.69) is 13.8 Å². The molecule has 2 nitrogen and oxygen atoms in total. The van der Waals surface area contributed by atoms with Crippen molar-refractivity contribution < 1.29 is 18.4 Å². The van der Waals surface area contributed by atoms with Crippen molar-refractivity contribution in [1.82, 2.24) is 0 Å². The number of hydrogen-bond acceptors (Lipinski definition) is 2. The minimum absolute atomic E-state index is 0.0311. The molecule has 0 aromatic carbocycles. The summed E-state index contributed by atoms with van der Waals surface area (Å²) >= 11 is 0. The van der Waals surface area contributed by atoms with E-state index in [1.165, 1.54) is 6.08 Å². The lowest BCUT2D eigenvalue weighted by Crippen LogP contribution is -2.51. The van der Waals surface area contributed by atoms with Crippen molar-refractivity contribution in [2.45, 2.75) is 58.8 Å². The smallest absolute Gasteiger partial charge is 0.273 e. The molecule has 0 N–H and O–H groups in total. The Morgan fingerprint density at radius 3 is 2.46 bits per heavy atom. The molecular weight excluding hydrogens is 310 g/mol. The number of allylic oxidation sites excluding steroid dienone is 2. The fourth-order valence-electron chi connectivity index (χ4n) is 6.39. The third kappa shape index (κ3) is 1.98. The van der Waals surface area contributed by atoms with Crippen molar-refractivity contribution in [3.05, 3.63) is 23.3 Å². The maximum absolute atomic E-state index is 13.7. The van der Waals surface area contributed by atoms with Crippen LogP contribution in [0.4, 0.5) is 8.78 Å². The quantitative estimate of drug-likeness (QED) is 0.635. The van der Waals surface area contributed by atoms with Gasteiger partial charge in [0, 0.05) is 23.8 Å². The molecule has 4 rings (SSSR count). The van der Waals surface area contributed by atoms with Crippen LogP contribution in [0.15, 0.2) is 23.3 Å². The zero-order valence-electron chi connectivity index (χ0n) is 14.3. The fourth-order valence-corrected chi connectivity index (χ4v) is 6.39. The Morgan fingerprint density at radius 1 is 1.04 bits per heavy atom. The van der Waals surface area contributed by atoms with Gasteiger partial charge in [-0.25, -0.2) is 0 Å². The van der Waals surface area contributed by atoms with Crippen molar-refractivity contribution >= 4 is 11.6 Å². The molecule has 5 atom stereocenters. The Kier molecular flexibility index (Phi) is 3.43. The lowest BCUT2D eigenvalue weighted by atomic mass is 9.46. The first-order valence-electron chi connectivity index (χ1n) is 9.10. The summed E-state index contributed by atoms with van der Waals surface area (Å²) in [7, 11) is 0. The van der Waals surface area contributed by atoms with E-state index < -0.39 is 6.08 Å². The van der Waals surface area contributed by atoms with Crippen molar-refractivity contribution in [1.29, 1.82) is 0 Å². The topological polar surface area (TPSA) is 34.1 Å². The number of fused-ring (bicyclic) bond motifs is 5. The highest BCUT2D eigenvalue weighted by atomic mass is 19.3. The summed E-state index contributed by atoms with van der Waals surface area (Å²) in [5.74, 6) is 0.957. The average Bonchev–Trinajstić information content (AvgIpc) is 2.83. The molecule has 0 aromatic rings. The Labute approximate surface area is 141 Å². The maximum Gasteiger partial charge on any atom is 0.273 e. The second-order valence-corrected chi connectivity index (χ2v) is 8.68. The first kappa shape index (κ1) is 16.2. The van der Waals surface area contributed by atoms with Crippen molar-refractivity contribution in [2.75, 3.05) is 0 Å². The third-order valence-corrected chi connectivity index (χ3v) is 7.77. The molecule has 4 aliphatic carbocycles. The Morgan fingerprint density at radius 2 is 1.75 bits per heavy atom. The van der Waals surface area contributed by atoms with Crippen LogP contribution in [0, 0.1) is 28.6 Å². The van der Waals surface area contributed by atoms with E-state index in [4.69, 9.17) is 0 Å². The number of hydrogen-bond donors (Lipinski definition) is 0. The molecule has 0 aromatic heterocycles. The van der Waals surface area contributed by atoms with Crippen LogP contribution < -0.4 is 0 Å². The molecule has 0 aliphatic heterocycles. The van der Waals surface area contributed by atoms with Gasteiger partial charge in [0.15, 0.2) is 5.78 Å². The third-order valence-electron chi connectivity index (χ3n) is 7.77. The van der Waals surface area contributed by atoms with Gasteiger partial charge in [-0.1, -0.05) is 13.8 Å². The molecule has 0 unspecified atom stereocenters. The van der Waals surface area contributed by atoms with Gasteiger partial charge >= 0.3 is 0 Å². The van der Waals surface area contributed by atoms with E-state index in [0.29, 0.717) is 43.0 Å². The highest BCUT2D eigenvalue weighted by molar-refractivity contribution is 5.92. The minimum Gasteiger partial charge on any atom is -0.299 e. The predicted octanol–water partition coefficient (Wildman–Crippen LogP) is 4.85. The Hall–Kier alpha value is -1.32. The Bertz CT molecular complexity index is 688. The van der Waals surface area contributed by atoms with Crippen LogP contribution in [0.1, 0.15) is 58.8 Å². The number of ketones is 2. The summed E-state index contributed by atoms with van der Waals surface area (Å²) in [6, 6.07) is 0. The summed E-state index contributed by atoms with van der Waals surface area (Å²) in [6.45, 7) is 4.13. The van der Waals surface area contributed by atoms with Gasteiger partial charge < -0.3 is 0 Å². The Balaban J connectivity index is 1.82. The van der Waals surface area contributed by atoms with E-state index in [-0.39, 0.29) is 34.0 Å². The second-order valence-electron chi connectivity index (χ2n) is 8.68. The molecule has 3 saturated carbocycles. The van der Waals surface area contributed by atoms with Gasteiger partial charge in [-0.05, 0) is 66.9 Å². The van der Waals surface area contributed by atoms with Crippen molar-refractivity contribution in [3.63, 3.8) is 0 Å². The molecule has 0 bridgehead atoms. The molecule has 0 amide bonds. The molecule has 0 spiro atoms. The van der Waals surface area contributed by atoms with Crippen LogP contribution in [-0.4, -0.2) is 11.6 Å². The van der Waals surface area contributed by atoms with E-state index >= 15 is 0 Å². The van der Waals surface area contributed by atoms with Crippen LogP contribution in [0.25, 0.3) is 0 Å². The monoisotopic (exact) mass is 334 g/mol. The highest BCUT2D eigenvalue weighted by Crippen LogP contribution is 2.65. The van der Waals surface area contributed by atoms with E-state index in [1.807, 2.05) is 0 Å². The molecule has 0 radical (unpaired) electrons. The summed E-state index contributed by atoms with van der Waals surface area (Å²) in [6.07, 6.45) is 4.50. The van der Waals surface area contributed by atoms with Gasteiger partial charge in [-0.3, -0.25) is 9.59 Å². The molecule has 4 heteroatoms. The molecule has 4 aliphatic rings.